The maximum Gasteiger partial charge on any atom is 0.253 e. The number of hydrogen-bond donors (Lipinski definition) is 2. The monoisotopic (exact) mass is 383 g/mol. The van der Waals surface area contributed by atoms with E-state index in [2.05, 4.69) is 14.9 Å². The van der Waals surface area contributed by atoms with E-state index in [0.29, 0.717) is 12.1 Å². The van der Waals surface area contributed by atoms with Crippen LogP contribution in [0.5, 0.6) is 0 Å². The average molecular weight is 383 g/mol. The third kappa shape index (κ3) is 3.91. The van der Waals surface area contributed by atoms with Crippen molar-refractivity contribution in [3.8, 4) is 0 Å². The predicted octanol–water partition coefficient (Wildman–Crippen LogP) is 2.43. The highest BCUT2D eigenvalue weighted by molar-refractivity contribution is 5.95. The van der Waals surface area contributed by atoms with Gasteiger partial charge in [0.1, 0.15) is 6.23 Å². The smallest absolute Gasteiger partial charge is 0.253 e. The van der Waals surface area contributed by atoms with Crippen LogP contribution in [0.2, 0.25) is 0 Å². The van der Waals surface area contributed by atoms with E-state index < -0.39 is 6.23 Å². The molecule has 2 aliphatic rings. The van der Waals surface area contributed by atoms with Crippen molar-refractivity contribution in [2.24, 2.45) is 5.92 Å². The predicted molar refractivity (Wildman–Crippen MR) is 108 cm³/mol. The standard InChI is InChI=1S/C21H29N5O2/c1-14(27)25-10-9-19-18(13-25)20(23-26(19)12-15-7-8-15)22-17-6-4-5-16(11-17)21(28)24(2)3/h4-6,11,14-15,27H,7-10,12-13H2,1-3H3,(H,22,23). The van der Waals surface area contributed by atoms with Crippen LogP contribution in [-0.2, 0) is 19.5 Å². The van der Waals surface area contributed by atoms with Gasteiger partial charge < -0.3 is 15.3 Å². The molecule has 0 saturated heterocycles. The zero-order chi connectivity index (χ0) is 19.8. The van der Waals surface area contributed by atoms with E-state index >= 15 is 0 Å². The Bertz CT molecular complexity index is 870. The summed E-state index contributed by atoms with van der Waals surface area (Å²) in [5.74, 6) is 1.55. The molecule has 1 aromatic heterocycles. The van der Waals surface area contributed by atoms with Gasteiger partial charge >= 0.3 is 0 Å². The van der Waals surface area contributed by atoms with E-state index in [-0.39, 0.29) is 5.91 Å². The van der Waals surface area contributed by atoms with Crippen LogP contribution < -0.4 is 5.32 Å². The molecule has 1 unspecified atom stereocenters. The Balaban J connectivity index is 1.63. The normalized spacial score (nSPS) is 17.9. The van der Waals surface area contributed by atoms with E-state index in [1.54, 1.807) is 19.0 Å². The Morgan fingerprint density at radius 2 is 2.18 bits per heavy atom. The fraction of sp³-hybridized carbons (Fsp3) is 0.524. The number of carbonyl (C=O) groups excluding carboxylic acids is 1. The first kappa shape index (κ1) is 19.0. The molecule has 2 heterocycles. The summed E-state index contributed by atoms with van der Waals surface area (Å²) in [6.07, 6.45) is 2.98. The first-order valence-corrected chi connectivity index (χ1v) is 10.0. The summed E-state index contributed by atoms with van der Waals surface area (Å²) in [4.78, 5) is 15.9. The van der Waals surface area contributed by atoms with Gasteiger partial charge in [-0.15, -0.1) is 0 Å². The van der Waals surface area contributed by atoms with Gasteiger partial charge in [-0.3, -0.25) is 14.4 Å². The zero-order valence-electron chi connectivity index (χ0n) is 16.9. The minimum absolute atomic E-state index is 0.0229. The van der Waals surface area contributed by atoms with Gasteiger partial charge in [-0.05, 0) is 43.9 Å². The van der Waals surface area contributed by atoms with Crippen molar-refractivity contribution in [2.45, 2.75) is 45.5 Å². The Labute approximate surface area is 165 Å². The SMILES string of the molecule is CC(O)N1CCc2c(c(Nc3cccc(C(=O)N(C)C)c3)nn2CC2CC2)C1. The lowest BCUT2D eigenvalue weighted by Crippen LogP contribution is -2.37. The molecule has 150 valence electrons. The number of aliphatic hydroxyl groups excluding tert-OH is 1. The summed E-state index contributed by atoms with van der Waals surface area (Å²) in [6, 6.07) is 7.52. The molecule has 0 bridgehead atoms. The number of hydrogen-bond acceptors (Lipinski definition) is 5. The van der Waals surface area contributed by atoms with E-state index in [0.717, 1.165) is 42.5 Å². The van der Waals surface area contributed by atoms with Gasteiger partial charge in [0.15, 0.2) is 5.82 Å². The number of benzene rings is 1. The summed E-state index contributed by atoms with van der Waals surface area (Å²) >= 11 is 0. The number of aromatic nitrogens is 2. The maximum absolute atomic E-state index is 12.3. The molecule has 1 fully saturated rings. The van der Waals surface area contributed by atoms with Crippen LogP contribution in [0.3, 0.4) is 0 Å². The van der Waals surface area contributed by atoms with Crippen LogP contribution in [0.4, 0.5) is 11.5 Å². The van der Waals surface area contributed by atoms with Crippen LogP contribution in [0.25, 0.3) is 0 Å². The lowest BCUT2D eigenvalue weighted by atomic mass is 10.1. The molecule has 28 heavy (non-hydrogen) atoms. The van der Waals surface area contributed by atoms with Crippen molar-refractivity contribution < 1.29 is 9.90 Å². The maximum atomic E-state index is 12.3. The van der Waals surface area contributed by atoms with Crippen LogP contribution >= 0.6 is 0 Å². The summed E-state index contributed by atoms with van der Waals surface area (Å²) < 4.78 is 2.16. The van der Waals surface area contributed by atoms with Gasteiger partial charge in [-0.2, -0.15) is 5.10 Å². The third-order valence-corrected chi connectivity index (χ3v) is 5.60. The van der Waals surface area contributed by atoms with Gasteiger partial charge in [-0.1, -0.05) is 6.07 Å². The second-order valence-electron chi connectivity index (χ2n) is 8.16. The fourth-order valence-electron chi connectivity index (χ4n) is 3.75. The first-order chi connectivity index (χ1) is 13.4. The number of anilines is 2. The van der Waals surface area contributed by atoms with Gasteiger partial charge in [0.2, 0.25) is 0 Å². The highest BCUT2D eigenvalue weighted by atomic mass is 16.3. The van der Waals surface area contributed by atoms with E-state index in [9.17, 15) is 9.90 Å². The third-order valence-electron chi connectivity index (χ3n) is 5.60. The van der Waals surface area contributed by atoms with Crippen molar-refractivity contribution in [1.82, 2.24) is 19.6 Å². The minimum Gasteiger partial charge on any atom is -0.379 e. The van der Waals surface area contributed by atoms with Crippen LogP contribution in [0.15, 0.2) is 24.3 Å². The van der Waals surface area contributed by atoms with Crippen molar-refractivity contribution in [3.63, 3.8) is 0 Å². The molecule has 1 aliphatic carbocycles. The number of aliphatic hydroxyl groups is 1. The molecular weight excluding hydrogens is 354 g/mol. The fourth-order valence-corrected chi connectivity index (χ4v) is 3.75. The van der Waals surface area contributed by atoms with Crippen molar-refractivity contribution in [2.75, 3.05) is 26.0 Å². The lowest BCUT2D eigenvalue weighted by molar-refractivity contribution is 0.00879. The Kier molecular flexibility index (Phi) is 5.12. The molecule has 2 aromatic rings. The van der Waals surface area contributed by atoms with E-state index in [1.165, 1.54) is 18.5 Å². The molecule has 0 radical (unpaired) electrons. The van der Waals surface area contributed by atoms with Crippen molar-refractivity contribution in [3.05, 3.63) is 41.1 Å². The molecule has 1 amide bonds. The first-order valence-electron chi connectivity index (χ1n) is 10.0. The number of amides is 1. The van der Waals surface area contributed by atoms with E-state index in [4.69, 9.17) is 5.10 Å². The second-order valence-corrected chi connectivity index (χ2v) is 8.16. The van der Waals surface area contributed by atoms with Gasteiger partial charge in [0.05, 0.1) is 0 Å². The molecule has 7 nitrogen and oxygen atoms in total. The summed E-state index contributed by atoms with van der Waals surface area (Å²) in [6.45, 7) is 4.30. The largest absolute Gasteiger partial charge is 0.379 e. The summed E-state index contributed by atoms with van der Waals surface area (Å²) in [5.41, 5.74) is 3.91. The number of fused-ring (bicyclic) bond motifs is 1. The number of nitrogens with zero attached hydrogens (tertiary/aromatic N) is 4. The van der Waals surface area contributed by atoms with Gasteiger partial charge in [-0.25, -0.2) is 0 Å². The number of rotatable bonds is 6. The van der Waals surface area contributed by atoms with Gasteiger partial charge in [0, 0.05) is 62.7 Å². The van der Waals surface area contributed by atoms with Crippen LogP contribution in [0.1, 0.15) is 41.4 Å². The van der Waals surface area contributed by atoms with Gasteiger partial charge in [0.25, 0.3) is 5.91 Å². The molecule has 1 aromatic carbocycles. The minimum atomic E-state index is -0.478. The molecule has 1 aliphatic heterocycles. The average Bonchev–Trinajstić information content (AvgIpc) is 3.43. The Morgan fingerprint density at radius 1 is 1.39 bits per heavy atom. The zero-order valence-corrected chi connectivity index (χ0v) is 16.9. The quantitative estimate of drug-likeness (QED) is 0.802. The summed E-state index contributed by atoms with van der Waals surface area (Å²) in [7, 11) is 3.51. The molecular formula is C21H29N5O2. The highest BCUT2D eigenvalue weighted by Crippen LogP contribution is 2.34. The number of carbonyl (C=O) groups is 1. The van der Waals surface area contributed by atoms with E-state index in [1.807, 2.05) is 31.2 Å². The van der Waals surface area contributed by atoms with Crippen molar-refractivity contribution >= 4 is 17.4 Å². The summed E-state index contributed by atoms with van der Waals surface area (Å²) in [5, 5.41) is 18.3. The topological polar surface area (TPSA) is 73.6 Å². The molecule has 2 N–H and O–H groups in total. The molecule has 7 heteroatoms. The lowest BCUT2D eigenvalue weighted by Gasteiger charge is -2.30. The van der Waals surface area contributed by atoms with Crippen LogP contribution in [0, 0.1) is 5.92 Å². The highest BCUT2D eigenvalue weighted by Gasteiger charge is 2.30. The molecule has 4 rings (SSSR count). The Hall–Kier alpha value is -2.38. The molecule has 0 spiro atoms. The number of nitrogens with one attached hydrogen (secondary N) is 1. The molecule has 1 atom stereocenters. The second kappa shape index (κ2) is 7.56. The van der Waals surface area contributed by atoms with Crippen molar-refractivity contribution in [1.29, 1.82) is 0 Å². The van der Waals surface area contributed by atoms with Crippen LogP contribution in [-0.4, -0.2) is 57.5 Å². The Morgan fingerprint density at radius 3 is 2.86 bits per heavy atom. The molecule has 1 saturated carbocycles.